The van der Waals surface area contributed by atoms with Crippen LogP contribution in [-0.4, -0.2) is 30.5 Å². The van der Waals surface area contributed by atoms with Gasteiger partial charge in [0.15, 0.2) is 11.5 Å². The number of hydrogen-bond donors (Lipinski definition) is 1. The second kappa shape index (κ2) is 8.05. The smallest absolute Gasteiger partial charge is 0.161 e. The predicted molar refractivity (Wildman–Crippen MR) is 85.8 cm³/mol. The summed E-state index contributed by atoms with van der Waals surface area (Å²) < 4.78 is 13.5. The molecule has 0 saturated heterocycles. The zero-order chi connectivity index (χ0) is 15.1. The highest BCUT2D eigenvalue weighted by Crippen LogP contribution is 2.33. The minimum Gasteiger partial charge on any atom is -0.493 e. The van der Waals surface area contributed by atoms with Crippen molar-refractivity contribution < 1.29 is 9.47 Å². The van der Waals surface area contributed by atoms with Gasteiger partial charge in [0.05, 0.1) is 14.2 Å². The summed E-state index contributed by atoms with van der Waals surface area (Å²) in [6.07, 6.45) is 4.81. The van der Waals surface area contributed by atoms with E-state index in [1.807, 2.05) is 29.1 Å². The fraction of sp³-hybridized carbons (Fsp3) is 0.400. The van der Waals surface area contributed by atoms with Crippen LogP contribution in [-0.2, 0) is 13.1 Å². The molecule has 1 aromatic heterocycles. The Morgan fingerprint density at radius 2 is 2.00 bits per heavy atom. The Morgan fingerprint density at radius 1 is 1.24 bits per heavy atom. The third-order valence-corrected chi connectivity index (χ3v) is 3.91. The third-order valence-electron chi connectivity index (χ3n) is 3.17. The van der Waals surface area contributed by atoms with Crippen LogP contribution in [0.3, 0.4) is 0 Å². The van der Waals surface area contributed by atoms with Crippen molar-refractivity contribution in [2.24, 2.45) is 0 Å². The van der Waals surface area contributed by atoms with Gasteiger partial charge in [-0.3, -0.25) is 4.68 Å². The standard InChI is InChI=1S/C15H20BrN3O2/c1-20-14-9-12(13(16)10-15(14)21-2)11-17-5-3-7-19-8-4-6-18-19/h4,6,8-10,17H,3,5,7,11H2,1-2H3. The maximum absolute atomic E-state index is 5.32. The minimum absolute atomic E-state index is 0.729. The van der Waals surface area contributed by atoms with Crippen molar-refractivity contribution in [2.75, 3.05) is 20.8 Å². The SMILES string of the molecule is COc1cc(Br)c(CNCCCn2cccn2)cc1OC. The average molecular weight is 354 g/mol. The van der Waals surface area contributed by atoms with Crippen molar-refractivity contribution in [3.8, 4) is 11.5 Å². The Labute approximate surface area is 133 Å². The molecule has 0 atom stereocenters. The molecule has 0 aliphatic carbocycles. The molecule has 0 aliphatic rings. The van der Waals surface area contributed by atoms with Crippen LogP contribution in [0.25, 0.3) is 0 Å². The zero-order valence-corrected chi connectivity index (χ0v) is 13.9. The lowest BCUT2D eigenvalue weighted by Crippen LogP contribution is -2.17. The lowest BCUT2D eigenvalue weighted by atomic mass is 10.2. The summed E-state index contributed by atoms with van der Waals surface area (Å²) in [6, 6.07) is 5.86. The number of hydrogen-bond acceptors (Lipinski definition) is 4. The maximum Gasteiger partial charge on any atom is 0.161 e. The Hall–Kier alpha value is -1.53. The molecule has 0 unspecified atom stereocenters. The number of nitrogens with one attached hydrogen (secondary N) is 1. The normalized spacial score (nSPS) is 10.6. The summed E-state index contributed by atoms with van der Waals surface area (Å²) >= 11 is 3.56. The molecule has 0 fully saturated rings. The molecule has 1 heterocycles. The van der Waals surface area contributed by atoms with Crippen LogP contribution in [0.4, 0.5) is 0 Å². The Kier molecular flexibility index (Phi) is 6.07. The monoisotopic (exact) mass is 353 g/mol. The van der Waals surface area contributed by atoms with E-state index in [0.717, 1.165) is 47.6 Å². The second-order valence-electron chi connectivity index (χ2n) is 4.60. The molecule has 2 aromatic rings. The van der Waals surface area contributed by atoms with Crippen molar-refractivity contribution >= 4 is 15.9 Å². The van der Waals surface area contributed by atoms with E-state index in [4.69, 9.17) is 9.47 Å². The van der Waals surface area contributed by atoms with Crippen LogP contribution in [0.1, 0.15) is 12.0 Å². The first-order valence-electron chi connectivity index (χ1n) is 6.83. The highest BCUT2D eigenvalue weighted by atomic mass is 79.9. The zero-order valence-electron chi connectivity index (χ0n) is 12.3. The van der Waals surface area contributed by atoms with Gasteiger partial charge in [-0.25, -0.2) is 0 Å². The van der Waals surface area contributed by atoms with Crippen LogP contribution < -0.4 is 14.8 Å². The third kappa shape index (κ3) is 4.47. The van der Waals surface area contributed by atoms with Gasteiger partial charge in [-0.15, -0.1) is 0 Å². The van der Waals surface area contributed by atoms with Gasteiger partial charge in [-0.05, 0) is 36.7 Å². The van der Waals surface area contributed by atoms with E-state index in [0.29, 0.717) is 0 Å². The minimum atomic E-state index is 0.729. The number of aromatic nitrogens is 2. The van der Waals surface area contributed by atoms with Gasteiger partial charge in [-0.2, -0.15) is 5.10 Å². The lowest BCUT2D eigenvalue weighted by molar-refractivity contribution is 0.354. The lowest BCUT2D eigenvalue weighted by Gasteiger charge is -2.12. The van der Waals surface area contributed by atoms with E-state index in [1.54, 1.807) is 20.4 Å². The van der Waals surface area contributed by atoms with Crippen molar-refractivity contribution in [3.05, 3.63) is 40.6 Å². The van der Waals surface area contributed by atoms with Gasteiger partial charge in [0.2, 0.25) is 0 Å². The molecule has 1 N–H and O–H groups in total. The van der Waals surface area contributed by atoms with Crippen molar-refractivity contribution in [1.29, 1.82) is 0 Å². The van der Waals surface area contributed by atoms with Crippen LogP contribution in [0.2, 0.25) is 0 Å². The predicted octanol–water partition coefficient (Wildman–Crippen LogP) is 2.84. The van der Waals surface area contributed by atoms with E-state index in [9.17, 15) is 0 Å². The molecule has 0 aliphatic heterocycles. The molecule has 114 valence electrons. The number of halogens is 1. The van der Waals surface area contributed by atoms with Gasteiger partial charge in [0.1, 0.15) is 0 Å². The molecule has 21 heavy (non-hydrogen) atoms. The maximum atomic E-state index is 5.32. The first-order valence-corrected chi connectivity index (χ1v) is 7.62. The molecule has 1 aromatic carbocycles. The van der Waals surface area contributed by atoms with Gasteiger partial charge < -0.3 is 14.8 Å². The van der Waals surface area contributed by atoms with Gasteiger partial charge in [-0.1, -0.05) is 15.9 Å². The van der Waals surface area contributed by atoms with Crippen molar-refractivity contribution in [2.45, 2.75) is 19.5 Å². The molecular weight excluding hydrogens is 334 g/mol. The van der Waals surface area contributed by atoms with E-state index in [1.165, 1.54) is 0 Å². The van der Waals surface area contributed by atoms with E-state index in [-0.39, 0.29) is 0 Å². The molecular formula is C15H20BrN3O2. The molecule has 2 rings (SSSR count). The number of methoxy groups -OCH3 is 2. The van der Waals surface area contributed by atoms with Crippen LogP contribution in [0, 0.1) is 0 Å². The quantitative estimate of drug-likeness (QED) is 0.741. The Bertz CT molecular complexity index is 558. The van der Waals surface area contributed by atoms with Crippen molar-refractivity contribution in [1.82, 2.24) is 15.1 Å². The van der Waals surface area contributed by atoms with Gasteiger partial charge >= 0.3 is 0 Å². The highest BCUT2D eigenvalue weighted by Gasteiger charge is 2.09. The summed E-state index contributed by atoms with van der Waals surface area (Å²) in [6.45, 7) is 2.63. The Balaban J connectivity index is 1.82. The van der Waals surface area contributed by atoms with Gasteiger partial charge in [0.25, 0.3) is 0 Å². The molecule has 0 saturated carbocycles. The average Bonchev–Trinajstić information content (AvgIpc) is 3.01. The van der Waals surface area contributed by atoms with E-state index in [2.05, 4.69) is 26.3 Å². The first-order chi connectivity index (χ1) is 10.2. The number of benzene rings is 1. The summed E-state index contributed by atoms with van der Waals surface area (Å²) in [5, 5.41) is 7.61. The van der Waals surface area contributed by atoms with Crippen LogP contribution in [0.15, 0.2) is 35.1 Å². The fourth-order valence-corrected chi connectivity index (χ4v) is 2.52. The van der Waals surface area contributed by atoms with Crippen LogP contribution in [0.5, 0.6) is 11.5 Å². The fourth-order valence-electron chi connectivity index (χ4n) is 2.05. The van der Waals surface area contributed by atoms with Gasteiger partial charge in [0, 0.05) is 30.0 Å². The molecule has 0 spiro atoms. The topological polar surface area (TPSA) is 48.3 Å². The number of ether oxygens (including phenoxy) is 2. The Morgan fingerprint density at radius 3 is 2.67 bits per heavy atom. The summed E-state index contributed by atoms with van der Waals surface area (Å²) in [5.41, 5.74) is 1.15. The summed E-state index contributed by atoms with van der Waals surface area (Å²) in [5.74, 6) is 1.47. The summed E-state index contributed by atoms with van der Waals surface area (Å²) in [7, 11) is 3.28. The summed E-state index contributed by atoms with van der Waals surface area (Å²) in [4.78, 5) is 0. The molecule has 6 heteroatoms. The number of aryl methyl sites for hydroxylation is 1. The largest absolute Gasteiger partial charge is 0.493 e. The van der Waals surface area contributed by atoms with Crippen LogP contribution >= 0.6 is 15.9 Å². The van der Waals surface area contributed by atoms with E-state index < -0.39 is 0 Å². The first kappa shape index (κ1) is 15.9. The number of rotatable bonds is 8. The molecule has 5 nitrogen and oxygen atoms in total. The van der Waals surface area contributed by atoms with Crippen molar-refractivity contribution in [3.63, 3.8) is 0 Å². The highest BCUT2D eigenvalue weighted by molar-refractivity contribution is 9.10. The van der Waals surface area contributed by atoms with E-state index >= 15 is 0 Å². The molecule has 0 radical (unpaired) electrons. The second-order valence-corrected chi connectivity index (χ2v) is 5.45. The number of nitrogens with zero attached hydrogens (tertiary/aromatic N) is 2. The molecule has 0 bridgehead atoms. The molecule has 0 amide bonds.